The molecule has 0 spiro atoms. The van der Waals surface area contributed by atoms with Crippen LogP contribution < -0.4 is 10.2 Å². The van der Waals surface area contributed by atoms with Crippen molar-refractivity contribution in [3.8, 4) is 0 Å². The Morgan fingerprint density at radius 1 is 1.00 bits per heavy atom. The van der Waals surface area contributed by atoms with Crippen LogP contribution in [0.15, 0.2) is 79.3 Å². The van der Waals surface area contributed by atoms with Gasteiger partial charge in [-0.15, -0.1) is 0 Å². The van der Waals surface area contributed by atoms with Crippen molar-refractivity contribution in [2.45, 2.75) is 6.18 Å². The number of benzene rings is 2. The third-order valence-electron chi connectivity index (χ3n) is 5.22. The molecule has 0 bridgehead atoms. The van der Waals surface area contributed by atoms with Crippen LogP contribution in [0.3, 0.4) is 0 Å². The Kier molecular flexibility index (Phi) is 6.63. The van der Waals surface area contributed by atoms with Gasteiger partial charge in [0.05, 0.1) is 17.1 Å². The van der Waals surface area contributed by atoms with Crippen molar-refractivity contribution in [1.29, 1.82) is 0 Å². The molecular formula is C25H21F3N6O. The van der Waals surface area contributed by atoms with Gasteiger partial charge in [-0.3, -0.25) is 9.89 Å². The molecule has 0 saturated heterocycles. The summed E-state index contributed by atoms with van der Waals surface area (Å²) >= 11 is 0. The van der Waals surface area contributed by atoms with Gasteiger partial charge in [0.15, 0.2) is 5.65 Å². The summed E-state index contributed by atoms with van der Waals surface area (Å²) in [5.74, 6) is -0.123. The maximum atomic E-state index is 13.0. The zero-order chi connectivity index (χ0) is 25.0. The van der Waals surface area contributed by atoms with E-state index in [1.54, 1.807) is 6.08 Å². The molecule has 0 radical (unpaired) electrons. The molecule has 0 saturated carbocycles. The summed E-state index contributed by atoms with van der Waals surface area (Å²) in [6.45, 7) is 0. The van der Waals surface area contributed by atoms with Crippen LogP contribution in [-0.4, -0.2) is 40.2 Å². The topological polar surface area (TPSA) is 86.8 Å². The predicted octanol–water partition coefficient (Wildman–Crippen LogP) is 5.06. The number of nitrogens with zero attached hydrogens (tertiary/aromatic N) is 4. The largest absolute Gasteiger partial charge is 0.416 e. The van der Waals surface area contributed by atoms with E-state index in [4.69, 9.17) is 0 Å². The van der Waals surface area contributed by atoms with Crippen molar-refractivity contribution in [1.82, 2.24) is 20.2 Å². The van der Waals surface area contributed by atoms with Gasteiger partial charge in [-0.05, 0) is 41.0 Å². The van der Waals surface area contributed by atoms with Crippen LogP contribution in [-0.2, 0) is 11.0 Å². The second-order valence-corrected chi connectivity index (χ2v) is 7.80. The Balaban J connectivity index is 1.62. The maximum absolute atomic E-state index is 13.0. The first-order valence-corrected chi connectivity index (χ1v) is 10.5. The van der Waals surface area contributed by atoms with E-state index >= 15 is 0 Å². The first-order chi connectivity index (χ1) is 16.7. The molecule has 0 aliphatic carbocycles. The smallest absolute Gasteiger partial charge is 0.378 e. The number of anilines is 2. The summed E-state index contributed by atoms with van der Waals surface area (Å²) in [4.78, 5) is 22.5. The van der Waals surface area contributed by atoms with Crippen molar-refractivity contribution >= 4 is 34.0 Å². The molecule has 0 aliphatic heterocycles. The van der Waals surface area contributed by atoms with Crippen LogP contribution in [0.1, 0.15) is 16.7 Å². The van der Waals surface area contributed by atoms with Gasteiger partial charge >= 0.3 is 6.18 Å². The van der Waals surface area contributed by atoms with Gasteiger partial charge in [-0.2, -0.15) is 18.3 Å². The molecule has 2 heterocycles. The van der Waals surface area contributed by atoms with Crippen LogP contribution >= 0.6 is 0 Å². The van der Waals surface area contributed by atoms with Crippen molar-refractivity contribution < 1.29 is 18.0 Å². The molecule has 2 N–H and O–H groups in total. The van der Waals surface area contributed by atoms with E-state index in [0.29, 0.717) is 28.0 Å². The number of hydrogen-bond acceptors (Lipinski definition) is 5. The zero-order valence-corrected chi connectivity index (χ0v) is 18.8. The highest BCUT2D eigenvalue weighted by Crippen LogP contribution is 2.32. The third-order valence-corrected chi connectivity index (χ3v) is 5.22. The normalized spacial score (nSPS) is 12.3. The number of halogens is 3. The SMILES string of the molecule is CN(C)c1ccc(C(=CC=CC(=O)Nc2ncnc3[nH]ncc23)c2ccc(C(F)(F)F)cc2)cc1. The quantitative estimate of drug-likeness (QED) is 0.299. The number of nitrogens with one attached hydrogen (secondary N) is 2. The first kappa shape index (κ1) is 23.7. The van der Waals surface area contributed by atoms with Crippen LogP contribution in [0.4, 0.5) is 24.7 Å². The number of rotatable bonds is 6. The molecule has 4 aromatic rings. The van der Waals surface area contributed by atoms with Crippen molar-refractivity contribution in [3.05, 3.63) is 96.0 Å². The number of carbonyl (C=O) groups is 1. The summed E-state index contributed by atoms with van der Waals surface area (Å²) in [7, 11) is 3.83. The van der Waals surface area contributed by atoms with Crippen LogP contribution in [0.2, 0.25) is 0 Å². The van der Waals surface area contributed by atoms with E-state index in [1.807, 2.05) is 43.3 Å². The standard InChI is InChI=1S/C25H21F3N6O/c1-34(2)19-12-8-17(9-13-19)20(16-6-10-18(11-7-16)25(26,27)28)4-3-5-22(35)32-23-21-14-31-33-24(21)30-15-29-23/h3-15H,1-2H3,(H2,29,30,31,32,33,35). The Hall–Kier alpha value is -4.47. The summed E-state index contributed by atoms with van der Waals surface area (Å²) in [5.41, 5.74) is 2.77. The van der Waals surface area contributed by atoms with Crippen LogP contribution in [0.5, 0.6) is 0 Å². The monoisotopic (exact) mass is 478 g/mol. The lowest BCUT2D eigenvalue weighted by molar-refractivity contribution is -0.137. The van der Waals surface area contributed by atoms with Gasteiger partial charge in [-0.1, -0.05) is 36.4 Å². The molecule has 7 nitrogen and oxygen atoms in total. The van der Waals surface area contributed by atoms with E-state index < -0.39 is 17.6 Å². The second kappa shape index (κ2) is 9.80. The summed E-state index contributed by atoms with van der Waals surface area (Å²) in [6, 6.07) is 12.5. The molecule has 35 heavy (non-hydrogen) atoms. The minimum Gasteiger partial charge on any atom is -0.378 e. The van der Waals surface area contributed by atoms with Gasteiger partial charge in [0, 0.05) is 25.9 Å². The van der Waals surface area contributed by atoms with Crippen LogP contribution in [0.25, 0.3) is 16.6 Å². The highest BCUT2D eigenvalue weighted by Gasteiger charge is 2.30. The summed E-state index contributed by atoms with van der Waals surface area (Å²) in [6.07, 6.45) is 2.92. The van der Waals surface area contributed by atoms with E-state index in [0.717, 1.165) is 23.4 Å². The third kappa shape index (κ3) is 5.55. The minimum atomic E-state index is -4.42. The molecule has 0 aliphatic rings. The van der Waals surface area contributed by atoms with Crippen molar-refractivity contribution in [3.63, 3.8) is 0 Å². The van der Waals surface area contributed by atoms with E-state index in [9.17, 15) is 18.0 Å². The van der Waals surface area contributed by atoms with Crippen molar-refractivity contribution in [2.75, 3.05) is 24.3 Å². The fourth-order valence-electron chi connectivity index (χ4n) is 3.39. The van der Waals surface area contributed by atoms with Crippen LogP contribution in [0, 0.1) is 0 Å². The number of hydrogen-bond donors (Lipinski definition) is 2. The molecule has 0 unspecified atom stereocenters. The van der Waals surface area contributed by atoms with Gasteiger partial charge < -0.3 is 10.2 Å². The molecule has 1 amide bonds. The zero-order valence-electron chi connectivity index (χ0n) is 18.8. The number of aromatic amines is 1. The number of H-pyrrole nitrogens is 1. The fraction of sp³-hybridized carbons (Fsp3) is 0.120. The highest BCUT2D eigenvalue weighted by molar-refractivity contribution is 6.03. The lowest BCUT2D eigenvalue weighted by atomic mass is 9.96. The number of carbonyl (C=O) groups excluding carboxylic acids is 1. The number of fused-ring (bicyclic) bond motifs is 1. The predicted molar refractivity (Wildman–Crippen MR) is 129 cm³/mol. The van der Waals surface area contributed by atoms with E-state index in [1.165, 1.54) is 36.8 Å². The Morgan fingerprint density at radius 2 is 1.66 bits per heavy atom. The maximum Gasteiger partial charge on any atom is 0.416 e. The average Bonchev–Trinajstić information content (AvgIpc) is 3.32. The minimum absolute atomic E-state index is 0.310. The Morgan fingerprint density at radius 3 is 2.29 bits per heavy atom. The molecule has 2 aromatic heterocycles. The molecular weight excluding hydrogens is 457 g/mol. The lowest BCUT2D eigenvalue weighted by Gasteiger charge is -2.14. The molecule has 2 aromatic carbocycles. The molecule has 178 valence electrons. The van der Waals surface area contributed by atoms with Crippen molar-refractivity contribution in [2.24, 2.45) is 0 Å². The molecule has 0 atom stereocenters. The summed E-state index contributed by atoms with van der Waals surface area (Å²) < 4.78 is 39.1. The number of alkyl halides is 3. The first-order valence-electron chi connectivity index (χ1n) is 10.5. The van der Waals surface area contributed by atoms with E-state index in [-0.39, 0.29) is 0 Å². The average molecular weight is 478 g/mol. The van der Waals surface area contributed by atoms with E-state index in [2.05, 4.69) is 25.5 Å². The summed E-state index contributed by atoms with van der Waals surface area (Å²) in [5, 5.41) is 9.82. The van der Waals surface area contributed by atoms with Gasteiger partial charge in [0.1, 0.15) is 12.1 Å². The van der Waals surface area contributed by atoms with Gasteiger partial charge in [0.25, 0.3) is 0 Å². The Labute approximate surface area is 199 Å². The highest BCUT2D eigenvalue weighted by atomic mass is 19.4. The molecule has 4 rings (SSSR count). The lowest BCUT2D eigenvalue weighted by Crippen LogP contribution is -2.09. The molecule has 10 heteroatoms. The van der Waals surface area contributed by atoms with Gasteiger partial charge in [0.2, 0.25) is 5.91 Å². The Bertz CT molecular complexity index is 1390. The number of allylic oxidation sites excluding steroid dienone is 2. The number of aromatic nitrogens is 4. The molecule has 0 fully saturated rings. The number of amides is 1. The second-order valence-electron chi connectivity index (χ2n) is 7.80. The fourth-order valence-corrected chi connectivity index (χ4v) is 3.39. The van der Waals surface area contributed by atoms with Gasteiger partial charge in [-0.25, -0.2) is 9.97 Å².